The summed E-state index contributed by atoms with van der Waals surface area (Å²) in [4.78, 5) is 11.6. The zero-order valence-electron chi connectivity index (χ0n) is 11.0. The molecule has 1 heterocycles. The van der Waals surface area contributed by atoms with E-state index in [1.54, 1.807) is 0 Å². The highest BCUT2D eigenvalue weighted by Gasteiger charge is 2.09. The van der Waals surface area contributed by atoms with Crippen LogP contribution >= 0.6 is 23.1 Å². The fraction of sp³-hybridized carbons (Fsp3) is 0.727. The van der Waals surface area contributed by atoms with Crippen molar-refractivity contribution in [3.63, 3.8) is 0 Å². The van der Waals surface area contributed by atoms with Gasteiger partial charge in [-0.05, 0) is 20.3 Å². The third-order valence-electron chi connectivity index (χ3n) is 2.19. The van der Waals surface area contributed by atoms with Crippen molar-refractivity contribution < 1.29 is 4.79 Å². The lowest BCUT2D eigenvalue weighted by molar-refractivity contribution is -0.119. The Morgan fingerprint density at radius 1 is 1.44 bits per heavy atom. The number of nitrogens with one attached hydrogen (secondary N) is 2. The molecule has 0 aliphatic rings. The lowest BCUT2D eigenvalue weighted by Gasteiger charge is -2.11. The monoisotopic (exact) mass is 288 g/mol. The van der Waals surface area contributed by atoms with Gasteiger partial charge in [0.1, 0.15) is 0 Å². The quantitative estimate of drug-likeness (QED) is 0.719. The summed E-state index contributed by atoms with van der Waals surface area (Å²) in [6.45, 7) is 6.98. The fourth-order valence-electron chi connectivity index (χ4n) is 1.44. The van der Waals surface area contributed by atoms with E-state index < -0.39 is 0 Å². The second kappa shape index (κ2) is 8.31. The summed E-state index contributed by atoms with van der Waals surface area (Å²) in [5, 5.41) is 14.9. The van der Waals surface area contributed by atoms with Crippen molar-refractivity contribution >= 4 is 34.1 Å². The van der Waals surface area contributed by atoms with E-state index in [1.165, 1.54) is 23.1 Å². The highest BCUT2D eigenvalue weighted by molar-refractivity contribution is 8.01. The lowest BCUT2D eigenvalue weighted by atomic mass is 10.2. The molecule has 0 bridgehead atoms. The largest absolute Gasteiger partial charge is 0.360 e. The molecular weight excluding hydrogens is 268 g/mol. The van der Waals surface area contributed by atoms with Crippen molar-refractivity contribution in [1.29, 1.82) is 0 Å². The minimum atomic E-state index is 0.0566. The molecule has 1 atom stereocenters. The van der Waals surface area contributed by atoms with Gasteiger partial charge in [-0.3, -0.25) is 4.79 Å². The fourth-order valence-corrected chi connectivity index (χ4v) is 3.07. The number of carbonyl (C=O) groups is 1. The third kappa shape index (κ3) is 5.68. The number of hydrogen-bond donors (Lipinski definition) is 2. The molecule has 0 aromatic carbocycles. The van der Waals surface area contributed by atoms with Crippen molar-refractivity contribution in [3.8, 4) is 0 Å². The Bertz CT molecular complexity index is 370. The maximum absolute atomic E-state index is 11.6. The van der Waals surface area contributed by atoms with Crippen LogP contribution in [0.25, 0.3) is 0 Å². The van der Waals surface area contributed by atoms with Crippen LogP contribution in [0.1, 0.15) is 33.6 Å². The van der Waals surface area contributed by atoms with E-state index in [9.17, 15) is 4.79 Å². The Kier molecular flexibility index (Phi) is 7.04. The molecule has 102 valence electrons. The highest BCUT2D eigenvalue weighted by Crippen LogP contribution is 2.24. The standard InChI is InChI=1S/C11H20N4OS2/c1-4-6-8(3)13-9(16)7-17-11-15-14-10(18-11)12-5-2/h8H,4-7H2,1-3H3,(H,12,14)(H,13,16). The summed E-state index contributed by atoms with van der Waals surface area (Å²) in [6, 6.07) is 0.245. The zero-order chi connectivity index (χ0) is 13.4. The van der Waals surface area contributed by atoms with Crippen LogP contribution in [0.3, 0.4) is 0 Å². The van der Waals surface area contributed by atoms with Gasteiger partial charge in [0.25, 0.3) is 0 Å². The molecule has 1 aromatic heterocycles. The van der Waals surface area contributed by atoms with E-state index in [4.69, 9.17) is 0 Å². The normalized spacial score (nSPS) is 12.2. The number of hydrogen-bond acceptors (Lipinski definition) is 6. The molecule has 0 spiro atoms. The van der Waals surface area contributed by atoms with E-state index in [1.807, 2.05) is 13.8 Å². The molecule has 1 unspecified atom stereocenters. The molecule has 0 saturated carbocycles. The van der Waals surface area contributed by atoms with E-state index in [-0.39, 0.29) is 11.9 Å². The zero-order valence-corrected chi connectivity index (χ0v) is 12.7. The average Bonchev–Trinajstić information content (AvgIpc) is 2.75. The lowest BCUT2D eigenvalue weighted by Crippen LogP contribution is -2.33. The molecular formula is C11H20N4OS2. The first-order chi connectivity index (χ1) is 8.65. The van der Waals surface area contributed by atoms with Gasteiger partial charge in [0, 0.05) is 12.6 Å². The predicted molar refractivity (Wildman–Crippen MR) is 77.3 cm³/mol. The Morgan fingerprint density at radius 3 is 2.89 bits per heavy atom. The second-order valence-electron chi connectivity index (χ2n) is 3.95. The number of nitrogens with zero attached hydrogens (tertiary/aromatic N) is 2. The van der Waals surface area contributed by atoms with Crippen molar-refractivity contribution in [3.05, 3.63) is 0 Å². The molecule has 0 radical (unpaired) electrons. The summed E-state index contributed by atoms with van der Waals surface area (Å²) < 4.78 is 0.823. The summed E-state index contributed by atoms with van der Waals surface area (Å²) in [5.74, 6) is 0.454. The molecule has 2 N–H and O–H groups in total. The first-order valence-electron chi connectivity index (χ1n) is 6.15. The average molecular weight is 288 g/mol. The predicted octanol–water partition coefficient (Wildman–Crippen LogP) is 2.37. The third-order valence-corrected chi connectivity index (χ3v) is 4.20. The molecule has 1 aromatic rings. The SMILES string of the molecule is CCCC(C)NC(=O)CSc1nnc(NCC)s1. The van der Waals surface area contributed by atoms with Crippen LogP contribution in [0.2, 0.25) is 0 Å². The van der Waals surface area contributed by atoms with Crippen molar-refractivity contribution in [2.75, 3.05) is 17.6 Å². The summed E-state index contributed by atoms with van der Waals surface area (Å²) >= 11 is 2.91. The van der Waals surface area contributed by atoms with Gasteiger partial charge in [-0.2, -0.15) is 0 Å². The van der Waals surface area contributed by atoms with Crippen LogP contribution in [-0.4, -0.2) is 34.4 Å². The Balaban J connectivity index is 2.28. The van der Waals surface area contributed by atoms with Crippen molar-refractivity contribution in [1.82, 2.24) is 15.5 Å². The number of carbonyl (C=O) groups excluding carboxylic acids is 1. The minimum Gasteiger partial charge on any atom is -0.360 e. The van der Waals surface area contributed by atoms with Gasteiger partial charge < -0.3 is 10.6 Å². The molecule has 0 aliphatic carbocycles. The molecule has 0 fully saturated rings. The maximum Gasteiger partial charge on any atom is 0.230 e. The molecule has 1 rings (SSSR count). The first-order valence-corrected chi connectivity index (χ1v) is 7.95. The molecule has 5 nitrogen and oxygen atoms in total. The molecule has 0 aliphatic heterocycles. The van der Waals surface area contributed by atoms with Gasteiger partial charge in [-0.1, -0.05) is 36.4 Å². The Labute approximate surface area is 116 Å². The van der Waals surface area contributed by atoms with E-state index >= 15 is 0 Å². The highest BCUT2D eigenvalue weighted by atomic mass is 32.2. The number of anilines is 1. The van der Waals surface area contributed by atoms with Crippen LogP contribution in [0.4, 0.5) is 5.13 Å². The number of amides is 1. The van der Waals surface area contributed by atoms with Gasteiger partial charge in [0.05, 0.1) is 5.75 Å². The summed E-state index contributed by atoms with van der Waals surface area (Å²) in [7, 11) is 0. The molecule has 18 heavy (non-hydrogen) atoms. The van der Waals surface area contributed by atoms with Crippen LogP contribution in [0.15, 0.2) is 4.34 Å². The van der Waals surface area contributed by atoms with E-state index in [0.717, 1.165) is 28.9 Å². The maximum atomic E-state index is 11.6. The number of aromatic nitrogens is 2. The molecule has 1 amide bonds. The van der Waals surface area contributed by atoms with Crippen LogP contribution in [0, 0.1) is 0 Å². The van der Waals surface area contributed by atoms with Gasteiger partial charge in [0.15, 0.2) is 4.34 Å². The molecule has 0 saturated heterocycles. The smallest absolute Gasteiger partial charge is 0.230 e. The Hall–Kier alpha value is -0.820. The van der Waals surface area contributed by atoms with Crippen LogP contribution in [-0.2, 0) is 4.79 Å². The number of rotatable bonds is 8. The van der Waals surface area contributed by atoms with Gasteiger partial charge in [-0.15, -0.1) is 10.2 Å². The summed E-state index contributed by atoms with van der Waals surface area (Å²) in [6.07, 6.45) is 2.09. The van der Waals surface area contributed by atoms with E-state index in [0.29, 0.717) is 5.75 Å². The number of thioether (sulfide) groups is 1. The van der Waals surface area contributed by atoms with Crippen molar-refractivity contribution in [2.24, 2.45) is 0 Å². The Morgan fingerprint density at radius 2 is 2.22 bits per heavy atom. The van der Waals surface area contributed by atoms with Gasteiger partial charge >= 0.3 is 0 Å². The molecule has 7 heteroatoms. The summed E-state index contributed by atoms with van der Waals surface area (Å²) in [5.41, 5.74) is 0. The second-order valence-corrected chi connectivity index (χ2v) is 6.15. The van der Waals surface area contributed by atoms with Gasteiger partial charge in [-0.25, -0.2) is 0 Å². The van der Waals surface area contributed by atoms with Crippen LogP contribution in [0.5, 0.6) is 0 Å². The van der Waals surface area contributed by atoms with Gasteiger partial charge in [0.2, 0.25) is 11.0 Å². The van der Waals surface area contributed by atoms with Crippen LogP contribution < -0.4 is 10.6 Å². The first kappa shape index (κ1) is 15.2. The van der Waals surface area contributed by atoms with Crippen molar-refractivity contribution in [2.45, 2.75) is 44.0 Å². The topological polar surface area (TPSA) is 66.9 Å². The van der Waals surface area contributed by atoms with E-state index in [2.05, 4.69) is 27.8 Å². The minimum absolute atomic E-state index is 0.0566.